The molecule has 1 fully saturated rings. The van der Waals surface area contributed by atoms with Crippen LogP contribution in [0, 0.1) is 0 Å². The van der Waals surface area contributed by atoms with Crippen molar-refractivity contribution in [3.63, 3.8) is 0 Å². The first-order chi connectivity index (χ1) is 7.48. The third-order valence-electron chi connectivity index (χ3n) is 3.24. The molecule has 1 nitrogen and oxygen atoms in total. The van der Waals surface area contributed by atoms with E-state index in [1.54, 1.807) is 12.1 Å². The van der Waals surface area contributed by atoms with Crippen molar-refractivity contribution in [3.05, 3.63) is 35.4 Å². The highest BCUT2D eigenvalue weighted by Gasteiger charge is 2.31. The van der Waals surface area contributed by atoms with Crippen LogP contribution in [0.15, 0.2) is 24.3 Å². The van der Waals surface area contributed by atoms with Crippen LogP contribution in [0.2, 0.25) is 0 Å². The minimum Gasteiger partial charge on any atom is -0.327 e. The van der Waals surface area contributed by atoms with E-state index in [-0.39, 0.29) is 12.0 Å². The number of rotatable bonds is 1. The lowest BCUT2D eigenvalue weighted by atomic mass is 9.94. The van der Waals surface area contributed by atoms with Gasteiger partial charge in [-0.2, -0.15) is 13.2 Å². The van der Waals surface area contributed by atoms with Crippen molar-refractivity contribution in [2.75, 3.05) is 0 Å². The second-order valence-corrected chi connectivity index (χ2v) is 4.32. The highest BCUT2D eigenvalue weighted by atomic mass is 19.4. The zero-order valence-corrected chi connectivity index (χ0v) is 8.80. The minimum absolute atomic E-state index is 0.0942. The highest BCUT2D eigenvalue weighted by Crippen LogP contribution is 2.35. The van der Waals surface area contributed by atoms with Crippen LogP contribution in [0.4, 0.5) is 13.2 Å². The third-order valence-corrected chi connectivity index (χ3v) is 3.24. The Morgan fingerprint density at radius 1 is 1.06 bits per heavy atom. The number of nitrogens with two attached hydrogens (primary N) is 1. The van der Waals surface area contributed by atoms with Crippen LogP contribution in [-0.4, -0.2) is 6.04 Å². The van der Waals surface area contributed by atoms with Crippen molar-refractivity contribution in [1.29, 1.82) is 0 Å². The lowest BCUT2D eigenvalue weighted by molar-refractivity contribution is -0.137. The van der Waals surface area contributed by atoms with E-state index < -0.39 is 11.7 Å². The van der Waals surface area contributed by atoms with E-state index in [0.717, 1.165) is 37.0 Å². The average Bonchev–Trinajstić information content (AvgIpc) is 2.63. The summed E-state index contributed by atoms with van der Waals surface area (Å²) >= 11 is 0. The average molecular weight is 229 g/mol. The van der Waals surface area contributed by atoms with Gasteiger partial charge in [-0.25, -0.2) is 0 Å². The van der Waals surface area contributed by atoms with Gasteiger partial charge in [0.2, 0.25) is 0 Å². The van der Waals surface area contributed by atoms with Gasteiger partial charge in [0.25, 0.3) is 0 Å². The molecule has 1 aliphatic rings. The zero-order valence-electron chi connectivity index (χ0n) is 8.80. The van der Waals surface area contributed by atoms with Gasteiger partial charge in [0.05, 0.1) is 5.56 Å². The number of hydrogen-bond donors (Lipinski definition) is 1. The second kappa shape index (κ2) is 4.09. The van der Waals surface area contributed by atoms with Gasteiger partial charge in [-0.15, -0.1) is 0 Å². The lowest BCUT2D eigenvalue weighted by Gasteiger charge is -2.16. The van der Waals surface area contributed by atoms with Crippen molar-refractivity contribution in [2.45, 2.75) is 37.4 Å². The van der Waals surface area contributed by atoms with Crippen LogP contribution in [-0.2, 0) is 6.18 Å². The molecule has 0 saturated heterocycles. The number of alkyl halides is 3. The molecule has 0 amide bonds. The molecule has 0 aromatic heterocycles. The maximum absolute atomic E-state index is 12.3. The molecule has 16 heavy (non-hydrogen) atoms. The molecule has 1 aromatic carbocycles. The summed E-state index contributed by atoms with van der Waals surface area (Å²) in [7, 11) is 0. The molecule has 1 aromatic rings. The summed E-state index contributed by atoms with van der Waals surface area (Å²) < 4.78 is 37.0. The monoisotopic (exact) mass is 229 g/mol. The van der Waals surface area contributed by atoms with E-state index in [4.69, 9.17) is 5.73 Å². The number of halogens is 3. The SMILES string of the molecule is N[C@@H]1CCC[C@@H]1c1ccc(C(F)(F)F)cc1. The van der Waals surface area contributed by atoms with E-state index in [1.165, 1.54) is 0 Å². The van der Waals surface area contributed by atoms with Crippen molar-refractivity contribution < 1.29 is 13.2 Å². The van der Waals surface area contributed by atoms with E-state index in [2.05, 4.69) is 0 Å². The molecule has 88 valence electrons. The van der Waals surface area contributed by atoms with Gasteiger partial charge < -0.3 is 5.73 Å². The Hall–Kier alpha value is -1.03. The fourth-order valence-electron chi connectivity index (χ4n) is 2.32. The molecule has 1 aliphatic carbocycles. The van der Waals surface area contributed by atoms with E-state index in [1.807, 2.05) is 0 Å². The van der Waals surface area contributed by atoms with Crippen LogP contribution in [0.3, 0.4) is 0 Å². The molecule has 2 atom stereocenters. The van der Waals surface area contributed by atoms with Crippen LogP contribution in [0.1, 0.15) is 36.3 Å². The van der Waals surface area contributed by atoms with Gasteiger partial charge in [-0.3, -0.25) is 0 Å². The normalized spacial score (nSPS) is 26.0. The largest absolute Gasteiger partial charge is 0.416 e. The van der Waals surface area contributed by atoms with E-state index in [9.17, 15) is 13.2 Å². The highest BCUT2D eigenvalue weighted by molar-refractivity contribution is 5.28. The Bertz CT molecular complexity index is 356. The summed E-state index contributed by atoms with van der Waals surface area (Å²) in [5, 5.41) is 0. The van der Waals surface area contributed by atoms with Crippen LogP contribution >= 0.6 is 0 Å². The summed E-state index contributed by atoms with van der Waals surface area (Å²) in [4.78, 5) is 0. The molecule has 0 bridgehead atoms. The van der Waals surface area contributed by atoms with Gasteiger partial charge in [-0.05, 0) is 36.5 Å². The van der Waals surface area contributed by atoms with E-state index >= 15 is 0 Å². The Balaban J connectivity index is 2.19. The Morgan fingerprint density at radius 3 is 2.12 bits per heavy atom. The number of benzene rings is 1. The molecular weight excluding hydrogens is 215 g/mol. The summed E-state index contributed by atoms with van der Waals surface area (Å²) in [6.07, 6.45) is -1.25. The summed E-state index contributed by atoms with van der Waals surface area (Å²) in [5.74, 6) is 0.224. The first-order valence-corrected chi connectivity index (χ1v) is 5.41. The predicted molar refractivity (Wildman–Crippen MR) is 56.0 cm³/mol. The van der Waals surface area contributed by atoms with Gasteiger partial charge >= 0.3 is 6.18 Å². The topological polar surface area (TPSA) is 26.0 Å². The molecule has 4 heteroatoms. The van der Waals surface area contributed by atoms with Crippen LogP contribution in [0.25, 0.3) is 0 Å². The number of hydrogen-bond acceptors (Lipinski definition) is 1. The molecule has 2 N–H and O–H groups in total. The predicted octanol–water partition coefficient (Wildman–Crippen LogP) is 3.30. The lowest BCUT2D eigenvalue weighted by Crippen LogP contribution is -2.22. The summed E-state index contributed by atoms with van der Waals surface area (Å²) in [6, 6.07) is 5.48. The third kappa shape index (κ3) is 2.21. The first-order valence-electron chi connectivity index (χ1n) is 5.41. The van der Waals surface area contributed by atoms with Crippen molar-refractivity contribution in [2.24, 2.45) is 5.73 Å². The summed E-state index contributed by atoms with van der Waals surface area (Å²) in [5.41, 5.74) is 6.25. The Kier molecular flexibility index (Phi) is 2.93. The zero-order chi connectivity index (χ0) is 11.8. The second-order valence-electron chi connectivity index (χ2n) is 4.32. The van der Waals surface area contributed by atoms with Gasteiger partial charge in [0.1, 0.15) is 0 Å². The molecular formula is C12H14F3N. The molecule has 1 saturated carbocycles. The minimum atomic E-state index is -4.25. The molecule has 0 spiro atoms. The maximum Gasteiger partial charge on any atom is 0.416 e. The maximum atomic E-state index is 12.3. The van der Waals surface area contributed by atoms with E-state index in [0.29, 0.717) is 0 Å². The fraction of sp³-hybridized carbons (Fsp3) is 0.500. The quantitative estimate of drug-likeness (QED) is 0.785. The van der Waals surface area contributed by atoms with Crippen molar-refractivity contribution >= 4 is 0 Å². The van der Waals surface area contributed by atoms with Gasteiger partial charge in [0.15, 0.2) is 0 Å². The molecule has 0 heterocycles. The summed E-state index contributed by atoms with van der Waals surface area (Å²) in [6.45, 7) is 0. The molecule has 0 radical (unpaired) electrons. The fourth-order valence-corrected chi connectivity index (χ4v) is 2.32. The smallest absolute Gasteiger partial charge is 0.327 e. The van der Waals surface area contributed by atoms with Crippen molar-refractivity contribution in [3.8, 4) is 0 Å². The molecule has 0 unspecified atom stereocenters. The first kappa shape index (κ1) is 11.5. The van der Waals surface area contributed by atoms with Gasteiger partial charge in [-0.1, -0.05) is 18.6 Å². The Labute approximate surface area is 92.5 Å². The van der Waals surface area contributed by atoms with Crippen molar-refractivity contribution in [1.82, 2.24) is 0 Å². The standard InChI is InChI=1S/C12H14F3N/c13-12(14,15)9-6-4-8(5-7-9)10-2-1-3-11(10)16/h4-7,10-11H,1-3,16H2/t10-,11-/m1/s1. The molecule has 0 aliphatic heterocycles. The van der Waals surface area contributed by atoms with Crippen LogP contribution < -0.4 is 5.73 Å². The molecule has 2 rings (SSSR count). The Morgan fingerprint density at radius 2 is 1.69 bits per heavy atom. The van der Waals surface area contributed by atoms with Crippen LogP contribution in [0.5, 0.6) is 0 Å². The van der Waals surface area contributed by atoms with Gasteiger partial charge in [0, 0.05) is 6.04 Å².